The Kier molecular flexibility index (Phi) is 5.81. The molecule has 1 aliphatic carbocycles. The second-order valence-corrected chi connectivity index (χ2v) is 9.81. The van der Waals surface area contributed by atoms with Gasteiger partial charge in [-0.1, -0.05) is 42.5 Å². The Morgan fingerprint density at radius 1 is 0.972 bits per heavy atom. The molecular formula is C28H31N7O. The molecule has 184 valence electrons. The first kappa shape index (κ1) is 22.5. The molecule has 0 spiro atoms. The van der Waals surface area contributed by atoms with Crippen LogP contribution in [0.4, 0.5) is 5.69 Å². The number of piperazine rings is 1. The number of benzene rings is 2. The second kappa shape index (κ2) is 9.28. The molecule has 1 fully saturated rings. The summed E-state index contributed by atoms with van der Waals surface area (Å²) in [6.45, 7) is 4.38. The number of hydrogen-bond acceptors (Lipinski definition) is 6. The van der Waals surface area contributed by atoms with Crippen LogP contribution >= 0.6 is 0 Å². The van der Waals surface area contributed by atoms with E-state index < -0.39 is 6.17 Å². The zero-order chi connectivity index (χ0) is 24.6. The molecule has 2 N–H and O–H groups in total. The number of hydrogen-bond donors (Lipinski definition) is 2. The normalized spacial score (nSPS) is 22.3. The molecule has 2 aromatic carbocycles. The second-order valence-electron chi connectivity index (χ2n) is 9.81. The van der Waals surface area contributed by atoms with E-state index in [0.717, 1.165) is 49.5 Å². The van der Waals surface area contributed by atoms with E-state index in [-0.39, 0.29) is 5.91 Å². The first-order chi connectivity index (χ1) is 17.6. The van der Waals surface area contributed by atoms with Gasteiger partial charge < -0.3 is 20.0 Å². The van der Waals surface area contributed by atoms with Crippen LogP contribution in [0.15, 0.2) is 72.5 Å². The molecule has 0 bridgehead atoms. The number of likely N-dealkylation sites (N-methyl/N-ethyl adjacent to an activating group) is 1. The van der Waals surface area contributed by atoms with Gasteiger partial charge in [-0.15, -0.1) is 0 Å². The fraction of sp³-hybridized carbons (Fsp3) is 0.321. The lowest BCUT2D eigenvalue weighted by molar-refractivity contribution is 0.0927. The topological polar surface area (TPSA) is 80.4 Å². The summed E-state index contributed by atoms with van der Waals surface area (Å²) < 4.78 is 0. The Balaban J connectivity index is 1.23. The maximum atomic E-state index is 12.8. The number of aromatic amines is 1. The van der Waals surface area contributed by atoms with E-state index in [1.165, 1.54) is 11.3 Å². The Morgan fingerprint density at radius 2 is 1.81 bits per heavy atom. The van der Waals surface area contributed by atoms with Gasteiger partial charge in [0.1, 0.15) is 17.6 Å². The number of allylic oxidation sites excluding steroid dienone is 3. The Labute approximate surface area is 211 Å². The number of nitrogens with zero attached hydrogens (tertiary/aromatic N) is 5. The lowest BCUT2D eigenvalue weighted by Gasteiger charge is -2.36. The summed E-state index contributed by atoms with van der Waals surface area (Å²) in [5.41, 5.74) is 6.57. The Bertz CT molecular complexity index is 1330. The quantitative estimate of drug-likeness (QED) is 0.594. The minimum Gasteiger partial charge on any atom is -0.369 e. The number of fused-ring (bicyclic) bond motifs is 1. The average Bonchev–Trinajstić information content (AvgIpc) is 3.41. The highest BCUT2D eigenvalue weighted by Gasteiger charge is 2.33. The van der Waals surface area contributed by atoms with Gasteiger partial charge in [0.25, 0.3) is 5.91 Å². The molecule has 0 radical (unpaired) electrons. The predicted octanol–water partition coefficient (Wildman–Crippen LogP) is 3.52. The van der Waals surface area contributed by atoms with Crippen LogP contribution in [-0.2, 0) is 0 Å². The van der Waals surface area contributed by atoms with Gasteiger partial charge in [0, 0.05) is 50.4 Å². The van der Waals surface area contributed by atoms with Gasteiger partial charge >= 0.3 is 0 Å². The van der Waals surface area contributed by atoms with E-state index in [2.05, 4.69) is 80.1 Å². The van der Waals surface area contributed by atoms with Crippen molar-refractivity contribution in [3.8, 4) is 11.3 Å². The smallest absolute Gasteiger partial charge is 0.255 e. The molecule has 1 amide bonds. The van der Waals surface area contributed by atoms with Crippen molar-refractivity contribution in [2.75, 3.05) is 45.2 Å². The van der Waals surface area contributed by atoms with Crippen molar-refractivity contribution in [3.05, 3.63) is 89.3 Å². The summed E-state index contributed by atoms with van der Waals surface area (Å²) in [4.78, 5) is 19.7. The van der Waals surface area contributed by atoms with E-state index in [9.17, 15) is 4.79 Å². The minimum absolute atomic E-state index is 0.105. The van der Waals surface area contributed by atoms with E-state index in [1.54, 1.807) is 0 Å². The Hall–Kier alpha value is -3.91. The number of para-hydroxylation sites is 1. The molecule has 36 heavy (non-hydrogen) atoms. The first-order valence-corrected chi connectivity index (χ1v) is 12.5. The van der Waals surface area contributed by atoms with Crippen molar-refractivity contribution in [1.82, 2.24) is 30.5 Å². The molecular weight excluding hydrogens is 450 g/mol. The number of nitrogens with one attached hydrogen (secondary N) is 2. The average molecular weight is 482 g/mol. The van der Waals surface area contributed by atoms with Crippen LogP contribution in [0.3, 0.4) is 0 Å². The molecule has 6 rings (SSSR count). The van der Waals surface area contributed by atoms with Crippen LogP contribution in [0.2, 0.25) is 0 Å². The first-order valence-electron chi connectivity index (χ1n) is 12.5. The highest BCUT2D eigenvalue weighted by molar-refractivity contribution is 6.02. The molecule has 3 heterocycles. The van der Waals surface area contributed by atoms with Crippen molar-refractivity contribution in [2.24, 2.45) is 0 Å². The highest BCUT2D eigenvalue weighted by atomic mass is 16.2. The fourth-order valence-electron chi connectivity index (χ4n) is 5.38. The number of rotatable bonds is 4. The summed E-state index contributed by atoms with van der Waals surface area (Å²) in [5.74, 6) is 0.215. The lowest BCUT2D eigenvalue weighted by atomic mass is 9.89. The van der Waals surface area contributed by atoms with Crippen molar-refractivity contribution in [3.63, 3.8) is 0 Å². The van der Waals surface area contributed by atoms with Gasteiger partial charge in [0.2, 0.25) is 0 Å². The number of aromatic nitrogens is 3. The van der Waals surface area contributed by atoms with Crippen LogP contribution in [0.25, 0.3) is 11.3 Å². The molecule has 3 aliphatic rings. The van der Waals surface area contributed by atoms with E-state index in [0.29, 0.717) is 17.2 Å². The van der Waals surface area contributed by atoms with E-state index >= 15 is 0 Å². The largest absolute Gasteiger partial charge is 0.369 e. The summed E-state index contributed by atoms with van der Waals surface area (Å²) in [5, 5.41) is 14.8. The third-order valence-corrected chi connectivity index (χ3v) is 7.55. The van der Waals surface area contributed by atoms with Gasteiger partial charge in [-0.25, -0.2) is 0 Å². The summed E-state index contributed by atoms with van der Waals surface area (Å²) >= 11 is 0. The van der Waals surface area contributed by atoms with Gasteiger partial charge in [-0.2, -0.15) is 15.4 Å². The number of anilines is 1. The molecule has 1 aromatic heterocycles. The maximum absolute atomic E-state index is 12.8. The molecule has 2 unspecified atom stereocenters. The van der Waals surface area contributed by atoms with Gasteiger partial charge in [0.15, 0.2) is 0 Å². The zero-order valence-corrected chi connectivity index (χ0v) is 20.7. The van der Waals surface area contributed by atoms with Gasteiger partial charge in [0.05, 0.1) is 11.3 Å². The van der Waals surface area contributed by atoms with Gasteiger partial charge in [-0.05, 0) is 43.3 Å². The number of carbonyl (C=O) groups excluding carboxylic acids is 1. The molecule has 8 heteroatoms. The van der Waals surface area contributed by atoms with Crippen LogP contribution in [0.5, 0.6) is 0 Å². The SMILES string of the molecule is CN1CCN(C2=CCC(c3cccc(-c4n[nH]nc4C4NC(=O)c5ccccc5N4C)c3)C=C2)CC1. The number of carbonyl (C=O) groups is 1. The third kappa shape index (κ3) is 4.07. The Morgan fingerprint density at radius 3 is 2.61 bits per heavy atom. The molecule has 0 saturated carbocycles. The van der Waals surface area contributed by atoms with Crippen molar-refractivity contribution >= 4 is 11.6 Å². The van der Waals surface area contributed by atoms with E-state index in [1.807, 2.05) is 36.2 Å². The van der Waals surface area contributed by atoms with Crippen molar-refractivity contribution in [1.29, 1.82) is 0 Å². The molecule has 2 atom stereocenters. The number of H-pyrrole nitrogens is 1. The highest BCUT2D eigenvalue weighted by Crippen LogP contribution is 2.36. The summed E-state index contributed by atoms with van der Waals surface area (Å²) in [6, 6.07) is 16.1. The molecule has 3 aromatic rings. The third-order valence-electron chi connectivity index (χ3n) is 7.55. The predicted molar refractivity (Wildman–Crippen MR) is 141 cm³/mol. The van der Waals surface area contributed by atoms with Crippen LogP contribution < -0.4 is 10.2 Å². The van der Waals surface area contributed by atoms with Crippen LogP contribution in [0.1, 0.15) is 40.1 Å². The number of amides is 1. The van der Waals surface area contributed by atoms with Gasteiger partial charge in [-0.3, -0.25) is 4.79 Å². The summed E-state index contributed by atoms with van der Waals surface area (Å²) in [6.07, 6.45) is 7.54. The zero-order valence-electron chi connectivity index (χ0n) is 20.7. The lowest BCUT2D eigenvalue weighted by Crippen LogP contribution is -2.45. The monoisotopic (exact) mass is 481 g/mol. The minimum atomic E-state index is -0.409. The van der Waals surface area contributed by atoms with Crippen molar-refractivity contribution < 1.29 is 4.79 Å². The fourth-order valence-corrected chi connectivity index (χ4v) is 5.38. The van der Waals surface area contributed by atoms with Crippen molar-refractivity contribution in [2.45, 2.75) is 18.5 Å². The molecule has 2 aliphatic heterocycles. The van der Waals surface area contributed by atoms with Crippen LogP contribution in [0, 0.1) is 0 Å². The van der Waals surface area contributed by atoms with E-state index in [4.69, 9.17) is 0 Å². The summed E-state index contributed by atoms with van der Waals surface area (Å²) in [7, 11) is 4.15. The molecule has 1 saturated heterocycles. The molecule has 8 nitrogen and oxygen atoms in total. The van der Waals surface area contributed by atoms with Crippen LogP contribution in [-0.4, -0.2) is 71.4 Å². The maximum Gasteiger partial charge on any atom is 0.255 e. The standard InChI is InChI=1S/C28H31N7O/c1-33-14-16-35(17-15-33)22-12-10-19(11-13-22)20-6-5-7-21(18-20)25-26(31-32-30-25)27-29-28(36)23-8-3-4-9-24(23)34(27)2/h3-10,12-13,18-19,27H,11,14-17H2,1-2H3,(H,29,36)(H,30,31,32).